The van der Waals surface area contributed by atoms with Gasteiger partial charge in [0.2, 0.25) is 5.54 Å². The number of halogens is 1. The Morgan fingerprint density at radius 1 is 1.10 bits per heavy atom. The van der Waals surface area contributed by atoms with Gasteiger partial charge < -0.3 is 0 Å². The molecule has 2 aromatic carbocycles. The zero-order valence-electron chi connectivity index (χ0n) is 16.3. The molecule has 0 radical (unpaired) electrons. The summed E-state index contributed by atoms with van der Waals surface area (Å²) < 4.78 is 13.4. The maximum absolute atomic E-state index is 13.8. The van der Waals surface area contributed by atoms with Crippen LogP contribution in [0.2, 0.25) is 0 Å². The lowest BCUT2D eigenvalue weighted by molar-refractivity contribution is -0.139. The lowest BCUT2D eigenvalue weighted by atomic mass is 9.81. The third kappa shape index (κ3) is 2.77. The van der Waals surface area contributed by atoms with Crippen LogP contribution >= 0.6 is 0 Å². The highest BCUT2D eigenvalue weighted by molar-refractivity contribution is 6.25. The first-order chi connectivity index (χ1) is 13.9. The second-order valence-corrected chi connectivity index (χ2v) is 7.19. The molecule has 4 rings (SSSR count). The van der Waals surface area contributed by atoms with Crippen LogP contribution < -0.4 is 5.01 Å². The summed E-state index contributed by atoms with van der Waals surface area (Å²) in [4.78, 5) is 26.8. The molecule has 1 spiro atoms. The van der Waals surface area contributed by atoms with E-state index < -0.39 is 23.2 Å². The lowest BCUT2D eigenvalue weighted by Gasteiger charge is -2.39. The summed E-state index contributed by atoms with van der Waals surface area (Å²) in [5.74, 6) is -1.27. The zero-order valence-corrected chi connectivity index (χ0v) is 16.3. The van der Waals surface area contributed by atoms with Crippen molar-refractivity contribution in [1.82, 2.24) is 5.01 Å². The van der Waals surface area contributed by atoms with E-state index in [1.54, 1.807) is 33.1 Å². The van der Waals surface area contributed by atoms with E-state index in [1.807, 2.05) is 18.2 Å². The average Bonchev–Trinajstić information content (AvgIpc) is 2.94. The van der Waals surface area contributed by atoms with E-state index in [9.17, 15) is 14.0 Å². The van der Waals surface area contributed by atoms with Gasteiger partial charge in [-0.1, -0.05) is 29.8 Å². The van der Waals surface area contributed by atoms with Crippen LogP contribution in [0.4, 0.5) is 10.1 Å². The number of carbonyl (C=O) groups excluding carboxylic acids is 2. The number of benzene rings is 2. The van der Waals surface area contributed by atoms with Gasteiger partial charge in [-0.25, -0.2) is 9.40 Å². The summed E-state index contributed by atoms with van der Waals surface area (Å²) in [5.41, 5.74) is 1.47. The topological polar surface area (TPSA) is 65.3 Å². The quantitative estimate of drug-likeness (QED) is 0.736. The minimum atomic E-state index is -1.50. The Balaban J connectivity index is 1.91. The lowest BCUT2D eigenvalue weighted by Crippen LogP contribution is -2.58. The first-order valence-electron chi connectivity index (χ1n) is 9.14. The van der Waals surface area contributed by atoms with Gasteiger partial charge in [-0.2, -0.15) is 15.2 Å². The van der Waals surface area contributed by atoms with Gasteiger partial charge >= 0.3 is 0 Å². The Hall–Kier alpha value is -3.61. The molecule has 0 aromatic heterocycles. The van der Waals surface area contributed by atoms with E-state index in [0.717, 1.165) is 11.1 Å². The van der Waals surface area contributed by atoms with Crippen LogP contribution in [0.25, 0.3) is 0 Å². The Morgan fingerprint density at radius 3 is 2.48 bits per heavy atom. The highest BCUT2D eigenvalue weighted by atomic mass is 19.1. The summed E-state index contributed by atoms with van der Waals surface area (Å²) in [5, 5.41) is 11.2. The Kier molecular flexibility index (Phi) is 4.38. The Morgan fingerprint density at radius 2 is 1.79 bits per heavy atom. The van der Waals surface area contributed by atoms with E-state index in [4.69, 9.17) is 0 Å². The fourth-order valence-electron chi connectivity index (χ4n) is 3.68. The molecule has 29 heavy (non-hydrogen) atoms. The maximum Gasteiger partial charge on any atom is 0.286 e. The van der Waals surface area contributed by atoms with Crippen molar-refractivity contribution in [3.05, 3.63) is 77.1 Å². The van der Waals surface area contributed by atoms with Crippen LogP contribution in [0.1, 0.15) is 31.9 Å². The van der Waals surface area contributed by atoms with E-state index in [1.165, 1.54) is 40.4 Å². The molecule has 0 bridgehead atoms. The number of anilines is 1. The largest absolute Gasteiger partial charge is 0.286 e. The van der Waals surface area contributed by atoms with Crippen molar-refractivity contribution >= 4 is 29.4 Å². The fourth-order valence-corrected chi connectivity index (χ4v) is 3.68. The summed E-state index contributed by atoms with van der Waals surface area (Å²) in [6.07, 6.45) is 3.01. The first kappa shape index (κ1) is 18.7. The summed E-state index contributed by atoms with van der Waals surface area (Å²) >= 11 is 0. The van der Waals surface area contributed by atoms with E-state index >= 15 is 0 Å². The van der Waals surface area contributed by atoms with Crippen LogP contribution in [-0.2, 0) is 15.1 Å². The van der Waals surface area contributed by atoms with E-state index in [2.05, 4.69) is 10.2 Å². The van der Waals surface area contributed by atoms with Crippen LogP contribution in [0, 0.1) is 5.82 Å². The molecule has 0 fully saturated rings. The second-order valence-electron chi connectivity index (χ2n) is 7.19. The molecule has 2 amide bonds. The number of nitrogens with zero attached hydrogens (tertiary/aromatic N) is 4. The Labute approximate surface area is 167 Å². The monoisotopic (exact) mass is 390 g/mol. The van der Waals surface area contributed by atoms with E-state index in [-0.39, 0.29) is 0 Å². The molecule has 2 aromatic rings. The smallest absolute Gasteiger partial charge is 0.269 e. The van der Waals surface area contributed by atoms with Gasteiger partial charge in [0.25, 0.3) is 11.8 Å². The van der Waals surface area contributed by atoms with E-state index in [0.29, 0.717) is 17.0 Å². The molecule has 0 saturated carbocycles. The predicted molar refractivity (Wildman–Crippen MR) is 109 cm³/mol. The van der Waals surface area contributed by atoms with Crippen molar-refractivity contribution in [3.63, 3.8) is 0 Å². The average molecular weight is 390 g/mol. The SMILES string of the molecule is CC(C)=CC(=O)N1N=Cc2ccccc2C12C(=O)N(c1ccc(F)cc1)N=C2C. The van der Waals surface area contributed by atoms with Gasteiger partial charge in [-0.15, -0.1) is 0 Å². The summed E-state index contributed by atoms with van der Waals surface area (Å²) in [6.45, 7) is 5.30. The van der Waals surface area contributed by atoms with Gasteiger partial charge in [0.05, 0.1) is 17.6 Å². The molecule has 1 unspecified atom stereocenters. The number of hydrogen-bond acceptors (Lipinski definition) is 4. The second kappa shape index (κ2) is 6.77. The molecule has 146 valence electrons. The minimum absolute atomic E-state index is 0.409. The summed E-state index contributed by atoms with van der Waals surface area (Å²) in [6, 6.07) is 12.8. The number of allylic oxidation sites excluding steroid dienone is 1. The standard InChI is InChI=1S/C22H19FN4O2/c1-14(2)12-20(28)27-22(19-7-5-4-6-16(19)13-24-27)15(3)25-26(21(22)29)18-10-8-17(23)9-11-18/h4-13H,1-3H3. The number of rotatable bonds is 2. The molecule has 0 N–H and O–H groups in total. The van der Waals surface area contributed by atoms with Crippen LogP contribution in [0.15, 0.2) is 70.4 Å². The first-order valence-corrected chi connectivity index (χ1v) is 9.14. The van der Waals surface area contributed by atoms with Crippen LogP contribution in [0.5, 0.6) is 0 Å². The van der Waals surface area contributed by atoms with Gasteiger partial charge in [-0.3, -0.25) is 9.59 Å². The fraction of sp³-hybridized carbons (Fsp3) is 0.182. The molecule has 1 atom stereocenters. The van der Waals surface area contributed by atoms with Gasteiger partial charge in [0.1, 0.15) is 5.82 Å². The molecule has 7 heteroatoms. The van der Waals surface area contributed by atoms with Crippen molar-refractivity contribution in [1.29, 1.82) is 0 Å². The van der Waals surface area contributed by atoms with Crippen molar-refractivity contribution in [2.75, 3.05) is 5.01 Å². The van der Waals surface area contributed by atoms with Crippen molar-refractivity contribution in [2.24, 2.45) is 10.2 Å². The third-order valence-corrected chi connectivity index (χ3v) is 4.95. The molecule has 2 aliphatic rings. The van der Waals surface area contributed by atoms with Gasteiger partial charge in [0.15, 0.2) is 0 Å². The number of fused-ring (bicyclic) bond motifs is 2. The third-order valence-electron chi connectivity index (χ3n) is 4.95. The minimum Gasteiger partial charge on any atom is -0.269 e. The molecule has 0 saturated heterocycles. The number of amides is 2. The van der Waals surface area contributed by atoms with Crippen LogP contribution in [0.3, 0.4) is 0 Å². The van der Waals surface area contributed by atoms with Crippen molar-refractivity contribution < 1.29 is 14.0 Å². The molecule has 0 aliphatic carbocycles. The summed E-state index contributed by atoms with van der Waals surface area (Å²) in [7, 11) is 0. The number of hydrogen-bond donors (Lipinski definition) is 0. The highest BCUT2D eigenvalue weighted by Crippen LogP contribution is 2.42. The van der Waals surface area contributed by atoms with Crippen molar-refractivity contribution in [2.45, 2.75) is 26.3 Å². The normalized spacial score (nSPS) is 20.0. The van der Waals surface area contributed by atoms with Gasteiger partial charge in [0, 0.05) is 17.2 Å². The molecular weight excluding hydrogens is 371 g/mol. The molecule has 2 aliphatic heterocycles. The Bertz CT molecular complexity index is 1100. The number of hydrazone groups is 2. The zero-order chi connectivity index (χ0) is 20.8. The highest BCUT2D eigenvalue weighted by Gasteiger charge is 2.59. The molecular formula is C22H19FN4O2. The van der Waals surface area contributed by atoms with Gasteiger partial charge in [-0.05, 0) is 45.0 Å². The molecule has 2 heterocycles. The van der Waals surface area contributed by atoms with Crippen LogP contribution in [-0.4, -0.2) is 28.7 Å². The molecule has 6 nitrogen and oxygen atoms in total. The predicted octanol–water partition coefficient (Wildman–Crippen LogP) is 3.59. The van der Waals surface area contributed by atoms with Crippen molar-refractivity contribution in [3.8, 4) is 0 Å². The maximum atomic E-state index is 13.8. The number of carbonyl (C=O) groups is 2.